The normalized spacial score (nSPS) is 11.5. The quantitative estimate of drug-likeness (QED) is 0.219. The number of sulfonamides is 1. The number of ether oxygens (including phenoxy) is 3. The fraction of sp³-hybridized carbons (Fsp3) is 0.261. The van der Waals surface area contributed by atoms with Gasteiger partial charge in [-0.05, 0) is 29.8 Å². The number of hydrogen-bond donors (Lipinski definition) is 2. The van der Waals surface area contributed by atoms with Gasteiger partial charge in [0.1, 0.15) is 43.6 Å². The van der Waals surface area contributed by atoms with Crippen molar-refractivity contribution in [2.24, 2.45) is 5.14 Å². The number of nitrogens with one attached hydrogen (secondary N) is 1. The summed E-state index contributed by atoms with van der Waals surface area (Å²) in [6, 6.07) is 12.1. The van der Waals surface area contributed by atoms with Crippen LogP contribution < -0.4 is 19.9 Å². The summed E-state index contributed by atoms with van der Waals surface area (Å²) in [5.74, 6) is 0.717. The molecule has 201 valence electrons. The minimum absolute atomic E-state index is 0.0000539. The number of alkyl halides is 1. The van der Waals surface area contributed by atoms with Crippen molar-refractivity contribution in [2.45, 2.75) is 24.1 Å². The lowest BCUT2D eigenvalue weighted by molar-refractivity contribution is -0.121. The molecular weight excluding hydrogens is 539 g/mol. The monoisotopic (exact) mass is 563 g/mol. The third-order valence-electron chi connectivity index (χ3n) is 4.84. The lowest BCUT2D eigenvalue weighted by Gasteiger charge is -2.08. The van der Waals surface area contributed by atoms with Crippen molar-refractivity contribution in [1.29, 1.82) is 0 Å². The number of halogens is 1. The van der Waals surface area contributed by atoms with E-state index in [0.717, 1.165) is 16.9 Å². The second-order valence-electron chi connectivity index (χ2n) is 7.82. The lowest BCUT2D eigenvalue weighted by atomic mass is 10.2. The minimum atomic E-state index is -3.88. The van der Waals surface area contributed by atoms with Crippen LogP contribution in [0.3, 0.4) is 0 Å². The van der Waals surface area contributed by atoms with Gasteiger partial charge in [-0.3, -0.25) is 4.79 Å². The number of aromatic nitrogens is 4. The fourth-order valence-corrected chi connectivity index (χ4v) is 4.84. The van der Waals surface area contributed by atoms with Crippen LogP contribution >= 0.6 is 11.3 Å². The van der Waals surface area contributed by atoms with E-state index in [1.807, 2.05) is 6.07 Å². The average Bonchev–Trinajstić information content (AvgIpc) is 3.53. The van der Waals surface area contributed by atoms with E-state index in [2.05, 4.69) is 20.6 Å². The number of carbonyl (C=O) groups excluding carboxylic acids is 1. The molecule has 4 rings (SSSR count). The van der Waals surface area contributed by atoms with Gasteiger partial charge in [0.2, 0.25) is 10.2 Å². The fourth-order valence-electron chi connectivity index (χ4n) is 3.20. The van der Waals surface area contributed by atoms with E-state index in [9.17, 15) is 17.6 Å². The maximum Gasteiger partial charge on any atom is 0.265 e. The number of hydrogen-bond acceptors (Lipinski definition) is 10. The predicted octanol–water partition coefficient (Wildman–Crippen LogP) is 1.96. The third-order valence-corrected chi connectivity index (χ3v) is 7.19. The van der Waals surface area contributed by atoms with Crippen molar-refractivity contribution >= 4 is 37.5 Å². The van der Waals surface area contributed by atoms with Gasteiger partial charge in [-0.25, -0.2) is 27.6 Å². The summed E-state index contributed by atoms with van der Waals surface area (Å²) in [7, 11) is -3.88. The molecule has 2 heterocycles. The van der Waals surface area contributed by atoms with Gasteiger partial charge in [-0.1, -0.05) is 17.3 Å². The highest BCUT2D eigenvalue weighted by molar-refractivity contribution is 7.91. The zero-order valence-corrected chi connectivity index (χ0v) is 21.6. The van der Waals surface area contributed by atoms with E-state index >= 15 is 0 Å². The Bertz CT molecular complexity index is 1490. The Morgan fingerprint density at radius 3 is 2.82 bits per heavy atom. The van der Waals surface area contributed by atoms with Gasteiger partial charge in [-0.15, -0.1) is 16.4 Å². The Balaban J connectivity index is 1.17. The van der Waals surface area contributed by atoms with Gasteiger partial charge >= 0.3 is 0 Å². The molecule has 15 heteroatoms. The molecule has 4 aromatic rings. The van der Waals surface area contributed by atoms with Gasteiger partial charge in [0, 0.05) is 6.07 Å². The maximum absolute atomic E-state index is 12.2. The summed E-state index contributed by atoms with van der Waals surface area (Å²) in [4.78, 5) is 16.2. The molecule has 0 aliphatic heterocycles. The van der Waals surface area contributed by atoms with Crippen LogP contribution in [0, 0.1) is 6.54 Å². The Hall–Kier alpha value is -3.66. The standard InChI is InChI=1S/C23H24FN6O6S2/c24-6-8-35-18-3-1-2-16(10-18)14-34-9-7-26-22(31)13-30-12-17(28-29-30)15-36-19-4-5-21-20(11-19)27-23(37-21)38(25,32)33/h1-5,7,10-12H,6,8-9,13-15H2,(H,26,31)(H2,25,32,33). The number of fused-ring (bicyclic) bond motifs is 1. The van der Waals surface area contributed by atoms with E-state index in [1.165, 1.54) is 11.2 Å². The summed E-state index contributed by atoms with van der Waals surface area (Å²) in [5.41, 5.74) is 1.80. The molecule has 0 fully saturated rings. The van der Waals surface area contributed by atoms with E-state index in [1.54, 1.807) is 42.6 Å². The Labute approximate surface area is 221 Å². The number of rotatable bonds is 14. The molecule has 0 bridgehead atoms. The summed E-state index contributed by atoms with van der Waals surface area (Å²) in [6.07, 6.45) is 1.58. The number of nitrogens with two attached hydrogens (primary N) is 1. The first kappa shape index (κ1) is 27.4. The van der Waals surface area contributed by atoms with Crippen molar-refractivity contribution in [3.8, 4) is 11.5 Å². The number of amides is 1. The Morgan fingerprint density at radius 1 is 1.16 bits per heavy atom. The molecular formula is C23H24FN6O6S2. The highest BCUT2D eigenvalue weighted by Crippen LogP contribution is 2.28. The van der Waals surface area contributed by atoms with Gasteiger partial charge in [0.05, 0.1) is 36.2 Å². The van der Waals surface area contributed by atoms with Crippen LogP contribution in [0.1, 0.15) is 11.3 Å². The van der Waals surface area contributed by atoms with E-state index in [-0.39, 0.29) is 36.6 Å². The van der Waals surface area contributed by atoms with Crippen LogP contribution in [0.25, 0.3) is 10.2 Å². The zero-order valence-electron chi connectivity index (χ0n) is 19.9. The van der Waals surface area contributed by atoms with Gasteiger partial charge < -0.3 is 19.5 Å². The lowest BCUT2D eigenvalue weighted by Crippen LogP contribution is -2.27. The first-order valence-electron chi connectivity index (χ1n) is 11.2. The van der Waals surface area contributed by atoms with E-state index in [0.29, 0.717) is 34.0 Å². The van der Waals surface area contributed by atoms with Gasteiger partial charge in [0.25, 0.3) is 10.0 Å². The van der Waals surface area contributed by atoms with Gasteiger partial charge in [0.15, 0.2) is 0 Å². The largest absolute Gasteiger partial charge is 0.491 e. The molecule has 0 saturated heterocycles. The van der Waals surface area contributed by atoms with Crippen LogP contribution in [0.15, 0.2) is 53.0 Å². The predicted molar refractivity (Wildman–Crippen MR) is 135 cm³/mol. The summed E-state index contributed by atoms with van der Waals surface area (Å²) < 4.78 is 53.5. The van der Waals surface area contributed by atoms with Crippen molar-refractivity contribution in [3.63, 3.8) is 0 Å². The number of benzene rings is 2. The number of carbonyl (C=O) groups is 1. The smallest absolute Gasteiger partial charge is 0.265 e. The molecule has 1 amide bonds. The number of thiazole rings is 1. The van der Waals surface area contributed by atoms with Crippen molar-refractivity contribution in [1.82, 2.24) is 25.3 Å². The molecule has 0 unspecified atom stereocenters. The second kappa shape index (κ2) is 12.7. The van der Waals surface area contributed by atoms with Gasteiger partial charge in [-0.2, -0.15) is 0 Å². The molecule has 2 aromatic carbocycles. The second-order valence-corrected chi connectivity index (χ2v) is 10.6. The van der Waals surface area contributed by atoms with Crippen molar-refractivity contribution in [3.05, 3.63) is 66.5 Å². The minimum Gasteiger partial charge on any atom is -0.491 e. The maximum atomic E-state index is 12.2. The zero-order chi connectivity index (χ0) is 27.0. The molecule has 0 saturated carbocycles. The first-order chi connectivity index (χ1) is 18.3. The SMILES string of the molecule is NS(=O)(=O)c1nc2cc(OCc3cn(CC(=O)N[CH]COCc4cccc(OCCF)c4)nn3)ccc2s1. The summed E-state index contributed by atoms with van der Waals surface area (Å²) in [6.45, 7) is 1.44. The molecule has 0 spiro atoms. The Kier molecular flexibility index (Phi) is 9.17. The summed E-state index contributed by atoms with van der Waals surface area (Å²) in [5, 5.41) is 15.7. The molecule has 12 nitrogen and oxygen atoms in total. The Morgan fingerprint density at radius 2 is 2.00 bits per heavy atom. The molecule has 1 radical (unpaired) electrons. The highest BCUT2D eigenvalue weighted by Gasteiger charge is 2.15. The summed E-state index contributed by atoms with van der Waals surface area (Å²) >= 11 is 0.978. The number of nitrogens with zero attached hydrogens (tertiary/aromatic N) is 4. The molecule has 0 atom stereocenters. The topological polar surface area (TPSA) is 161 Å². The van der Waals surface area contributed by atoms with Crippen molar-refractivity contribution in [2.75, 3.05) is 19.9 Å². The van der Waals surface area contributed by atoms with E-state index < -0.39 is 16.7 Å². The average molecular weight is 564 g/mol. The molecule has 0 aliphatic carbocycles. The molecule has 3 N–H and O–H groups in total. The van der Waals surface area contributed by atoms with Crippen molar-refractivity contribution < 1.29 is 31.8 Å². The first-order valence-corrected chi connectivity index (χ1v) is 13.6. The molecule has 2 aromatic heterocycles. The van der Waals surface area contributed by atoms with Crippen LogP contribution in [0.2, 0.25) is 0 Å². The van der Waals surface area contributed by atoms with Crippen LogP contribution in [0.4, 0.5) is 4.39 Å². The third kappa shape index (κ3) is 7.92. The number of primary sulfonamides is 1. The molecule has 0 aliphatic rings. The highest BCUT2D eigenvalue weighted by atomic mass is 32.2. The van der Waals surface area contributed by atoms with Crippen LogP contribution in [-0.2, 0) is 39.3 Å². The van der Waals surface area contributed by atoms with Crippen LogP contribution in [0.5, 0.6) is 11.5 Å². The molecule has 38 heavy (non-hydrogen) atoms. The van der Waals surface area contributed by atoms with Crippen LogP contribution in [-0.4, -0.2) is 54.2 Å². The van der Waals surface area contributed by atoms with E-state index in [4.69, 9.17) is 19.3 Å².